The lowest BCUT2D eigenvalue weighted by molar-refractivity contribution is -0.123. The van der Waals surface area contributed by atoms with Crippen LogP contribution in [0.2, 0.25) is 0 Å². The quantitative estimate of drug-likeness (QED) is 0.514. The van der Waals surface area contributed by atoms with Crippen LogP contribution >= 0.6 is 11.9 Å². The van der Waals surface area contributed by atoms with Crippen molar-refractivity contribution in [3.8, 4) is 0 Å². The van der Waals surface area contributed by atoms with Crippen LogP contribution in [-0.4, -0.2) is 24.0 Å². The number of benzene rings is 1. The number of amides is 1. The summed E-state index contributed by atoms with van der Waals surface area (Å²) in [5, 5.41) is 12.9. The molecule has 0 spiro atoms. The number of nitrogens with two attached hydrogens (primary N) is 1. The molecule has 1 atom stereocenters. The van der Waals surface area contributed by atoms with E-state index in [2.05, 4.69) is 20.2 Å². The molecule has 0 aromatic heterocycles. The molecule has 0 saturated carbocycles. The maximum atomic E-state index is 11.1. The summed E-state index contributed by atoms with van der Waals surface area (Å²) in [6, 6.07) is 7.96. The SMILES string of the molecule is Cc1ccc(SN=NN=NN2CCC[C@@H](C(N)=O)C2)cc1. The van der Waals surface area contributed by atoms with Crippen LogP contribution in [0.5, 0.6) is 0 Å². The molecule has 2 N–H and O–H groups in total. The lowest BCUT2D eigenvalue weighted by atomic mass is 9.99. The van der Waals surface area contributed by atoms with E-state index >= 15 is 0 Å². The van der Waals surface area contributed by atoms with Gasteiger partial charge in [-0.15, -0.1) is 0 Å². The summed E-state index contributed by atoms with van der Waals surface area (Å²) in [5.74, 6) is -0.442. The molecule has 1 aromatic rings. The van der Waals surface area contributed by atoms with E-state index in [1.807, 2.05) is 31.2 Å². The fourth-order valence-electron chi connectivity index (χ4n) is 2.03. The van der Waals surface area contributed by atoms with Crippen molar-refractivity contribution in [2.75, 3.05) is 13.1 Å². The van der Waals surface area contributed by atoms with Crippen LogP contribution in [0.4, 0.5) is 0 Å². The number of primary amides is 1. The number of hydrogen-bond donors (Lipinski definition) is 1. The smallest absolute Gasteiger partial charge is 0.222 e. The van der Waals surface area contributed by atoms with E-state index in [9.17, 15) is 4.79 Å². The number of rotatable bonds is 5. The van der Waals surface area contributed by atoms with Crippen molar-refractivity contribution in [2.24, 2.45) is 31.8 Å². The predicted molar refractivity (Wildman–Crippen MR) is 80.2 cm³/mol. The van der Waals surface area contributed by atoms with Crippen LogP contribution in [0.1, 0.15) is 18.4 Å². The van der Waals surface area contributed by atoms with E-state index < -0.39 is 0 Å². The summed E-state index contributed by atoms with van der Waals surface area (Å²) < 4.78 is 3.87. The van der Waals surface area contributed by atoms with Gasteiger partial charge in [0.05, 0.1) is 5.92 Å². The Morgan fingerprint density at radius 3 is 2.81 bits per heavy atom. The summed E-state index contributed by atoms with van der Waals surface area (Å²) in [7, 11) is 0. The zero-order valence-electron chi connectivity index (χ0n) is 11.8. The number of hydrogen-bond acceptors (Lipinski definition) is 4. The molecule has 7 nitrogen and oxygen atoms in total. The topological polar surface area (TPSA) is 95.8 Å². The van der Waals surface area contributed by atoms with Crippen molar-refractivity contribution in [3.05, 3.63) is 29.8 Å². The van der Waals surface area contributed by atoms with Crippen molar-refractivity contribution < 1.29 is 4.79 Å². The first-order valence-electron chi connectivity index (χ1n) is 6.74. The second-order valence-corrected chi connectivity index (χ2v) is 5.73. The van der Waals surface area contributed by atoms with Crippen LogP contribution in [0.15, 0.2) is 49.4 Å². The molecular formula is C13H18N6OS. The molecule has 1 amide bonds. The Morgan fingerprint density at radius 1 is 1.33 bits per heavy atom. The number of piperidine rings is 1. The summed E-state index contributed by atoms with van der Waals surface area (Å²) >= 11 is 1.23. The molecule has 1 saturated heterocycles. The molecular weight excluding hydrogens is 288 g/mol. The van der Waals surface area contributed by atoms with Gasteiger partial charge in [0.15, 0.2) is 0 Å². The highest BCUT2D eigenvalue weighted by atomic mass is 32.2. The van der Waals surface area contributed by atoms with Gasteiger partial charge in [-0.25, -0.2) is 0 Å². The van der Waals surface area contributed by atoms with Gasteiger partial charge in [-0.1, -0.05) is 22.2 Å². The first-order chi connectivity index (χ1) is 10.1. The Kier molecular flexibility index (Phi) is 5.68. The molecule has 1 heterocycles. The third kappa shape index (κ3) is 5.14. The van der Waals surface area contributed by atoms with Gasteiger partial charge in [-0.3, -0.25) is 9.80 Å². The van der Waals surface area contributed by atoms with Crippen LogP contribution in [0.3, 0.4) is 0 Å². The Morgan fingerprint density at radius 2 is 2.10 bits per heavy atom. The summed E-state index contributed by atoms with van der Waals surface area (Å²) in [5.41, 5.74) is 6.50. The molecule has 0 bridgehead atoms. The molecule has 1 aliphatic rings. The lowest BCUT2D eigenvalue weighted by Gasteiger charge is -2.27. The third-order valence-electron chi connectivity index (χ3n) is 3.21. The van der Waals surface area contributed by atoms with E-state index in [4.69, 9.17) is 5.73 Å². The van der Waals surface area contributed by atoms with Crippen LogP contribution in [-0.2, 0) is 4.79 Å². The van der Waals surface area contributed by atoms with Gasteiger partial charge in [-0.05, 0) is 47.6 Å². The van der Waals surface area contributed by atoms with Gasteiger partial charge in [0.25, 0.3) is 0 Å². The van der Waals surface area contributed by atoms with E-state index in [0.717, 1.165) is 24.3 Å². The maximum absolute atomic E-state index is 11.1. The minimum absolute atomic E-state index is 0.156. The predicted octanol–water partition coefficient (Wildman–Crippen LogP) is 2.93. The van der Waals surface area contributed by atoms with Crippen molar-refractivity contribution >= 4 is 17.9 Å². The van der Waals surface area contributed by atoms with Gasteiger partial charge < -0.3 is 5.73 Å². The zero-order valence-corrected chi connectivity index (χ0v) is 12.7. The standard InChI is InChI=1S/C13H18N6OS/c1-10-4-6-12(7-5-10)21-18-16-15-17-19-8-2-3-11(9-19)13(14)20/h4-7,11H,2-3,8-9H2,1H3,(H2,14,20)/t11-/m1/s1. The molecule has 2 rings (SSSR count). The van der Waals surface area contributed by atoms with Crippen molar-refractivity contribution in [1.82, 2.24) is 5.01 Å². The van der Waals surface area contributed by atoms with Gasteiger partial charge in [0.2, 0.25) is 5.91 Å². The first kappa shape index (κ1) is 15.4. The molecule has 0 aliphatic carbocycles. The molecule has 0 radical (unpaired) electrons. The Hall–Kier alpha value is -1.96. The van der Waals surface area contributed by atoms with Crippen LogP contribution in [0, 0.1) is 12.8 Å². The van der Waals surface area contributed by atoms with E-state index in [-0.39, 0.29) is 11.8 Å². The van der Waals surface area contributed by atoms with Gasteiger partial charge in [0.1, 0.15) is 0 Å². The van der Waals surface area contributed by atoms with Gasteiger partial charge in [-0.2, -0.15) is 0 Å². The summed E-state index contributed by atoms with van der Waals surface area (Å²) in [4.78, 5) is 12.1. The zero-order chi connectivity index (χ0) is 15.1. The summed E-state index contributed by atoms with van der Waals surface area (Å²) in [6.45, 7) is 3.29. The second kappa shape index (κ2) is 7.72. The number of carbonyl (C=O) groups excluding carboxylic acids is 1. The normalized spacial score (nSPS) is 19.5. The Bertz CT molecular complexity index is 530. The summed E-state index contributed by atoms with van der Waals surface area (Å²) in [6.07, 6.45) is 1.69. The van der Waals surface area contributed by atoms with Gasteiger partial charge in [0, 0.05) is 29.9 Å². The van der Waals surface area contributed by atoms with Crippen LogP contribution < -0.4 is 5.73 Å². The third-order valence-corrected chi connectivity index (χ3v) is 3.85. The molecule has 21 heavy (non-hydrogen) atoms. The average Bonchev–Trinajstić information content (AvgIpc) is 2.49. The van der Waals surface area contributed by atoms with Crippen molar-refractivity contribution in [1.29, 1.82) is 0 Å². The van der Waals surface area contributed by atoms with E-state index in [1.54, 1.807) is 5.01 Å². The maximum Gasteiger partial charge on any atom is 0.222 e. The Balaban J connectivity index is 1.77. The second-order valence-electron chi connectivity index (χ2n) is 4.91. The first-order valence-corrected chi connectivity index (χ1v) is 7.51. The van der Waals surface area contributed by atoms with Crippen LogP contribution in [0.25, 0.3) is 0 Å². The van der Waals surface area contributed by atoms with Gasteiger partial charge >= 0.3 is 0 Å². The molecule has 1 aromatic carbocycles. The highest BCUT2D eigenvalue weighted by molar-refractivity contribution is 7.97. The van der Waals surface area contributed by atoms with Crippen molar-refractivity contribution in [2.45, 2.75) is 24.7 Å². The Labute approximate surface area is 127 Å². The van der Waals surface area contributed by atoms with Crippen molar-refractivity contribution in [3.63, 3.8) is 0 Å². The molecule has 1 aliphatic heterocycles. The van der Waals surface area contributed by atoms with E-state index in [0.29, 0.717) is 6.54 Å². The molecule has 1 fully saturated rings. The fraction of sp³-hybridized carbons (Fsp3) is 0.462. The molecule has 0 unspecified atom stereocenters. The number of carbonyl (C=O) groups is 1. The average molecular weight is 306 g/mol. The highest BCUT2D eigenvalue weighted by Crippen LogP contribution is 2.20. The van der Waals surface area contributed by atoms with E-state index in [1.165, 1.54) is 17.5 Å². The minimum atomic E-state index is -0.286. The number of aryl methyl sites for hydroxylation is 1. The minimum Gasteiger partial charge on any atom is -0.369 e. The highest BCUT2D eigenvalue weighted by Gasteiger charge is 2.23. The fourth-order valence-corrected chi connectivity index (χ4v) is 2.45. The monoisotopic (exact) mass is 306 g/mol. The lowest BCUT2D eigenvalue weighted by Crippen LogP contribution is -2.38. The largest absolute Gasteiger partial charge is 0.369 e. The number of nitrogens with zero attached hydrogens (tertiary/aromatic N) is 5. The molecule has 8 heteroatoms. The molecule has 112 valence electrons.